The first-order chi connectivity index (χ1) is 8.18. The van der Waals surface area contributed by atoms with Crippen molar-refractivity contribution >= 4 is 11.8 Å². The van der Waals surface area contributed by atoms with E-state index in [1.54, 1.807) is 0 Å². The van der Waals surface area contributed by atoms with Crippen LogP contribution in [0.1, 0.15) is 26.2 Å². The van der Waals surface area contributed by atoms with Crippen LogP contribution in [0, 0.1) is 11.8 Å². The summed E-state index contributed by atoms with van der Waals surface area (Å²) in [7, 11) is 0. The third-order valence-electron chi connectivity index (χ3n) is 3.83. The second kappa shape index (κ2) is 5.49. The van der Waals surface area contributed by atoms with E-state index in [1.165, 1.54) is 26.2 Å². The van der Waals surface area contributed by atoms with E-state index in [0.717, 1.165) is 6.54 Å². The highest BCUT2D eigenvalue weighted by molar-refractivity contribution is 5.82. The number of nitrogens with one attached hydrogen (secondary N) is 3. The first-order valence-corrected chi connectivity index (χ1v) is 6.44. The molecule has 1 saturated heterocycles. The molecule has 0 aromatic heterocycles. The van der Waals surface area contributed by atoms with Crippen molar-refractivity contribution in [3.8, 4) is 0 Å². The predicted octanol–water partition coefficient (Wildman–Crippen LogP) is -0.373. The van der Waals surface area contributed by atoms with Gasteiger partial charge in [0.25, 0.3) is 0 Å². The van der Waals surface area contributed by atoms with Crippen LogP contribution in [0.4, 0.5) is 0 Å². The second-order valence-corrected chi connectivity index (χ2v) is 5.01. The topological polar surface area (TPSA) is 70.2 Å². The summed E-state index contributed by atoms with van der Waals surface area (Å²) in [5, 5.41) is 8.85. The zero-order valence-corrected chi connectivity index (χ0v) is 10.3. The lowest BCUT2D eigenvalue weighted by Gasteiger charge is -2.17. The van der Waals surface area contributed by atoms with Crippen LogP contribution in [0.15, 0.2) is 0 Å². The number of carbonyl (C=O) groups is 2. The van der Waals surface area contributed by atoms with Crippen LogP contribution in [-0.2, 0) is 9.59 Å². The Morgan fingerprint density at radius 2 is 2.00 bits per heavy atom. The zero-order chi connectivity index (χ0) is 12.3. The minimum absolute atomic E-state index is 0.0140. The Balaban J connectivity index is 1.71. The summed E-state index contributed by atoms with van der Waals surface area (Å²) in [5.41, 5.74) is 0. The van der Waals surface area contributed by atoms with Crippen molar-refractivity contribution in [3.05, 3.63) is 0 Å². The van der Waals surface area contributed by atoms with E-state index >= 15 is 0 Å². The van der Waals surface area contributed by atoms with Gasteiger partial charge in [0, 0.05) is 20.0 Å². The smallest absolute Gasteiger partial charge is 0.237 e. The van der Waals surface area contributed by atoms with Crippen LogP contribution in [0.5, 0.6) is 0 Å². The molecule has 1 aliphatic heterocycles. The molecular weight excluding hydrogens is 218 g/mol. The van der Waals surface area contributed by atoms with Gasteiger partial charge in [0.1, 0.15) is 0 Å². The minimum Gasteiger partial charge on any atom is -0.355 e. The van der Waals surface area contributed by atoms with Crippen molar-refractivity contribution in [1.82, 2.24) is 16.0 Å². The van der Waals surface area contributed by atoms with E-state index in [0.29, 0.717) is 24.9 Å². The molecule has 96 valence electrons. The van der Waals surface area contributed by atoms with Gasteiger partial charge in [0.05, 0.1) is 6.04 Å². The van der Waals surface area contributed by atoms with E-state index in [1.807, 2.05) is 0 Å². The van der Waals surface area contributed by atoms with E-state index < -0.39 is 0 Å². The Labute approximate surface area is 102 Å². The van der Waals surface area contributed by atoms with Crippen LogP contribution >= 0.6 is 0 Å². The molecule has 3 unspecified atom stereocenters. The second-order valence-electron chi connectivity index (χ2n) is 5.01. The lowest BCUT2D eigenvalue weighted by Crippen LogP contribution is -2.45. The summed E-state index contributed by atoms with van der Waals surface area (Å²) in [5.74, 6) is 1.25. The molecule has 5 heteroatoms. The molecule has 1 aliphatic carbocycles. The van der Waals surface area contributed by atoms with Gasteiger partial charge in [0.15, 0.2) is 0 Å². The lowest BCUT2D eigenvalue weighted by molar-refractivity contribution is -0.124. The number of amides is 2. The lowest BCUT2D eigenvalue weighted by atomic mass is 9.94. The standard InChI is InChI=1S/C12H21N3O2/c1-8(16)13-5-6-14-12(17)11-10-4-2-3-9(10)7-15-11/h9-11,15H,2-7H2,1H3,(H,13,16)(H,14,17). The van der Waals surface area contributed by atoms with Crippen LogP contribution in [0.2, 0.25) is 0 Å². The molecule has 2 rings (SSSR count). The van der Waals surface area contributed by atoms with Crippen molar-refractivity contribution in [2.24, 2.45) is 11.8 Å². The number of carbonyl (C=O) groups excluding carboxylic acids is 2. The molecule has 0 bridgehead atoms. The molecule has 0 radical (unpaired) electrons. The molecule has 2 aliphatic rings. The highest BCUT2D eigenvalue weighted by atomic mass is 16.2. The largest absolute Gasteiger partial charge is 0.355 e. The van der Waals surface area contributed by atoms with Gasteiger partial charge in [-0.05, 0) is 31.2 Å². The van der Waals surface area contributed by atoms with Crippen molar-refractivity contribution in [3.63, 3.8) is 0 Å². The highest BCUT2D eigenvalue weighted by Crippen LogP contribution is 2.37. The van der Waals surface area contributed by atoms with Gasteiger partial charge in [-0.15, -0.1) is 0 Å². The third-order valence-corrected chi connectivity index (χ3v) is 3.83. The molecule has 17 heavy (non-hydrogen) atoms. The number of fused-ring (bicyclic) bond motifs is 1. The average Bonchev–Trinajstić information content (AvgIpc) is 2.85. The molecule has 3 atom stereocenters. The summed E-state index contributed by atoms with van der Waals surface area (Å²) in [6.07, 6.45) is 3.68. The van der Waals surface area contributed by atoms with Crippen molar-refractivity contribution in [1.29, 1.82) is 0 Å². The Bertz CT molecular complexity index is 306. The number of hydrogen-bond acceptors (Lipinski definition) is 3. The molecule has 3 N–H and O–H groups in total. The van der Waals surface area contributed by atoms with Gasteiger partial charge in [-0.1, -0.05) is 6.42 Å². The summed E-state index contributed by atoms with van der Waals surface area (Å²) < 4.78 is 0. The fourth-order valence-corrected chi connectivity index (χ4v) is 3.01. The van der Waals surface area contributed by atoms with E-state index in [2.05, 4.69) is 16.0 Å². The quantitative estimate of drug-likeness (QED) is 0.586. The average molecular weight is 239 g/mol. The van der Waals surface area contributed by atoms with E-state index in [-0.39, 0.29) is 17.9 Å². The molecule has 1 heterocycles. The maximum Gasteiger partial charge on any atom is 0.237 e. The number of hydrogen-bond donors (Lipinski definition) is 3. The fourth-order valence-electron chi connectivity index (χ4n) is 3.01. The van der Waals surface area contributed by atoms with Gasteiger partial charge < -0.3 is 16.0 Å². The molecule has 1 saturated carbocycles. The van der Waals surface area contributed by atoms with E-state index in [9.17, 15) is 9.59 Å². The molecule has 0 aromatic carbocycles. The Morgan fingerprint density at radius 1 is 1.24 bits per heavy atom. The number of rotatable bonds is 4. The SMILES string of the molecule is CC(=O)NCCNC(=O)C1NCC2CCCC21. The Morgan fingerprint density at radius 3 is 2.76 bits per heavy atom. The molecule has 0 spiro atoms. The Hall–Kier alpha value is -1.10. The van der Waals surface area contributed by atoms with Gasteiger partial charge in [-0.25, -0.2) is 0 Å². The first-order valence-electron chi connectivity index (χ1n) is 6.44. The van der Waals surface area contributed by atoms with Gasteiger partial charge >= 0.3 is 0 Å². The Kier molecular flexibility index (Phi) is 3.99. The molecule has 5 nitrogen and oxygen atoms in total. The summed E-state index contributed by atoms with van der Waals surface area (Å²) in [4.78, 5) is 22.6. The summed E-state index contributed by atoms with van der Waals surface area (Å²) in [6.45, 7) is 3.47. The molecular formula is C12H21N3O2. The highest BCUT2D eigenvalue weighted by Gasteiger charge is 2.42. The van der Waals surface area contributed by atoms with Crippen molar-refractivity contribution in [2.45, 2.75) is 32.2 Å². The normalized spacial score (nSPS) is 31.0. The fraction of sp³-hybridized carbons (Fsp3) is 0.833. The van der Waals surface area contributed by atoms with Crippen LogP contribution < -0.4 is 16.0 Å². The predicted molar refractivity (Wildman–Crippen MR) is 64.3 cm³/mol. The first kappa shape index (κ1) is 12.4. The maximum atomic E-state index is 11.9. The minimum atomic E-state index is -0.0610. The van der Waals surface area contributed by atoms with Gasteiger partial charge in [-0.3, -0.25) is 9.59 Å². The monoisotopic (exact) mass is 239 g/mol. The van der Waals surface area contributed by atoms with Crippen LogP contribution in [-0.4, -0.2) is 37.5 Å². The van der Waals surface area contributed by atoms with Crippen molar-refractivity contribution in [2.75, 3.05) is 19.6 Å². The molecule has 0 aromatic rings. The molecule has 2 fully saturated rings. The van der Waals surface area contributed by atoms with Gasteiger partial charge in [-0.2, -0.15) is 0 Å². The summed E-state index contributed by atoms with van der Waals surface area (Å²) >= 11 is 0. The van der Waals surface area contributed by atoms with Gasteiger partial charge in [0.2, 0.25) is 11.8 Å². The third kappa shape index (κ3) is 2.97. The van der Waals surface area contributed by atoms with Crippen LogP contribution in [0.3, 0.4) is 0 Å². The maximum absolute atomic E-state index is 11.9. The van der Waals surface area contributed by atoms with E-state index in [4.69, 9.17) is 0 Å². The van der Waals surface area contributed by atoms with Crippen molar-refractivity contribution < 1.29 is 9.59 Å². The zero-order valence-electron chi connectivity index (χ0n) is 10.3. The summed E-state index contributed by atoms with van der Waals surface area (Å²) in [6, 6.07) is -0.0140. The van der Waals surface area contributed by atoms with Crippen LogP contribution in [0.25, 0.3) is 0 Å². The molecule has 2 amide bonds.